The van der Waals surface area contributed by atoms with Gasteiger partial charge in [-0.2, -0.15) is 0 Å². The van der Waals surface area contributed by atoms with E-state index in [1.165, 1.54) is 0 Å². The molecule has 3 nitrogen and oxygen atoms in total. The summed E-state index contributed by atoms with van der Waals surface area (Å²) in [6.07, 6.45) is 5.13. The van der Waals surface area contributed by atoms with Crippen LogP contribution < -0.4 is 5.73 Å². The first kappa shape index (κ1) is 9.55. The van der Waals surface area contributed by atoms with E-state index in [1.807, 2.05) is 0 Å². The minimum Gasteiger partial charge on any atom is -0.497 e. The van der Waals surface area contributed by atoms with E-state index in [0.29, 0.717) is 6.61 Å². The fourth-order valence-corrected chi connectivity index (χ4v) is 1.22. The molecule has 0 aromatic carbocycles. The van der Waals surface area contributed by atoms with Crippen LogP contribution in [0.3, 0.4) is 0 Å². The predicted octanol–water partition coefficient (Wildman–Crippen LogP) is 1.04. The maximum Gasteiger partial charge on any atom is 0.109 e. The minimum absolute atomic E-state index is 0.0187. The zero-order valence-corrected chi connectivity index (χ0v) is 7.58. The molecule has 2 N–H and O–H groups in total. The molecule has 0 spiro atoms. The molecule has 1 heterocycles. The summed E-state index contributed by atoms with van der Waals surface area (Å²) in [6.45, 7) is 1.51. The molecule has 1 aliphatic heterocycles. The summed E-state index contributed by atoms with van der Waals surface area (Å²) < 4.78 is 10.4. The maximum atomic E-state index is 5.86. The lowest BCUT2D eigenvalue weighted by Gasteiger charge is -2.20. The van der Waals surface area contributed by atoms with Gasteiger partial charge in [-0.25, -0.2) is 0 Å². The molecule has 1 aliphatic rings. The molecule has 70 valence electrons. The molecule has 0 bridgehead atoms. The van der Waals surface area contributed by atoms with Crippen molar-refractivity contribution >= 4 is 0 Å². The first-order chi connectivity index (χ1) is 5.84. The van der Waals surface area contributed by atoms with Crippen LogP contribution in [0.25, 0.3) is 0 Å². The first-order valence-corrected chi connectivity index (χ1v) is 4.42. The fourth-order valence-electron chi connectivity index (χ4n) is 1.22. The quantitative estimate of drug-likeness (QED) is 0.687. The highest BCUT2D eigenvalue weighted by atomic mass is 16.5. The molecule has 1 unspecified atom stereocenters. The van der Waals surface area contributed by atoms with Crippen molar-refractivity contribution in [1.82, 2.24) is 0 Å². The highest BCUT2D eigenvalue weighted by molar-refractivity contribution is 5.03. The van der Waals surface area contributed by atoms with E-state index in [0.717, 1.165) is 31.6 Å². The Bertz CT molecular complexity index is 157. The lowest BCUT2D eigenvalue weighted by molar-refractivity contribution is 0.151. The van der Waals surface area contributed by atoms with Crippen molar-refractivity contribution in [2.75, 3.05) is 20.3 Å². The zero-order chi connectivity index (χ0) is 8.81. The Balaban J connectivity index is 2.29. The topological polar surface area (TPSA) is 44.5 Å². The summed E-state index contributed by atoms with van der Waals surface area (Å²) in [5, 5.41) is 0. The van der Waals surface area contributed by atoms with Crippen LogP contribution in [-0.4, -0.2) is 26.4 Å². The number of hydrogen-bond donors (Lipinski definition) is 1. The van der Waals surface area contributed by atoms with Crippen LogP contribution in [0.2, 0.25) is 0 Å². The zero-order valence-electron chi connectivity index (χ0n) is 7.58. The summed E-state index contributed by atoms with van der Waals surface area (Å²) in [6, 6.07) is 0.0187. The second kappa shape index (κ2) is 5.17. The summed E-state index contributed by atoms with van der Waals surface area (Å²) in [5.74, 6) is 0.943. The van der Waals surface area contributed by atoms with Gasteiger partial charge < -0.3 is 15.2 Å². The molecule has 0 aromatic rings. The number of hydrogen-bond acceptors (Lipinski definition) is 3. The van der Waals surface area contributed by atoms with E-state index in [2.05, 4.69) is 6.08 Å². The van der Waals surface area contributed by atoms with Crippen LogP contribution in [0.1, 0.15) is 19.3 Å². The van der Waals surface area contributed by atoms with Crippen LogP contribution in [0.4, 0.5) is 0 Å². The molecule has 1 atom stereocenters. The molecule has 0 amide bonds. The van der Waals surface area contributed by atoms with Gasteiger partial charge in [-0.3, -0.25) is 0 Å². The van der Waals surface area contributed by atoms with E-state index >= 15 is 0 Å². The highest BCUT2D eigenvalue weighted by Crippen LogP contribution is 2.13. The van der Waals surface area contributed by atoms with Crippen LogP contribution in [0.5, 0.6) is 0 Å². The monoisotopic (exact) mass is 171 g/mol. The van der Waals surface area contributed by atoms with E-state index in [-0.39, 0.29) is 6.04 Å². The van der Waals surface area contributed by atoms with Crippen molar-refractivity contribution in [1.29, 1.82) is 0 Å². The molecule has 0 aliphatic carbocycles. The third-order valence-corrected chi connectivity index (χ3v) is 1.96. The van der Waals surface area contributed by atoms with Gasteiger partial charge in [-0.05, 0) is 25.3 Å². The largest absolute Gasteiger partial charge is 0.497 e. The van der Waals surface area contributed by atoms with Gasteiger partial charge >= 0.3 is 0 Å². The van der Waals surface area contributed by atoms with Gasteiger partial charge in [0, 0.05) is 13.7 Å². The SMILES string of the molecule is COCCC(N)C1=CCCCO1. The fraction of sp³-hybridized carbons (Fsp3) is 0.778. The molecular weight excluding hydrogens is 154 g/mol. The van der Waals surface area contributed by atoms with Gasteiger partial charge in [0.15, 0.2) is 0 Å². The Morgan fingerprint density at radius 3 is 3.17 bits per heavy atom. The van der Waals surface area contributed by atoms with Crippen molar-refractivity contribution in [2.24, 2.45) is 5.73 Å². The third kappa shape index (κ3) is 2.83. The van der Waals surface area contributed by atoms with E-state index < -0.39 is 0 Å². The number of ether oxygens (including phenoxy) is 2. The second-order valence-corrected chi connectivity index (χ2v) is 2.99. The predicted molar refractivity (Wildman–Crippen MR) is 47.7 cm³/mol. The van der Waals surface area contributed by atoms with Gasteiger partial charge in [-0.15, -0.1) is 0 Å². The molecule has 0 aromatic heterocycles. The van der Waals surface area contributed by atoms with Gasteiger partial charge in [0.1, 0.15) is 5.76 Å². The Kier molecular flexibility index (Phi) is 4.11. The molecule has 0 saturated heterocycles. The average Bonchev–Trinajstić information content (AvgIpc) is 2.15. The van der Waals surface area contributed by atoms with Crippen molar-refractivity contribution in [3.63, 3.8) is 0 Å². The van der Waals surface area contributed by atoms with Gasteiger partial charge in [0.25, 0.3) is 0 Å². The molecule has 12 heavy (non-hydrogen) atoms. The standard InChI is InChI=1S/C9H17NO2/c1-11-7-5-8(10)9-4-2-3-6-12-9/h4,8H,2-3,5-7,10H2,1H3. The average molecular weight is 171 g/mol. The Morgan fingerprint density at radius 2 is 2.58 bits per heavy atom. The Labute approximate surface area is 73.5 Å². The number of methoxy groups -OCH3 is 1. The van der Waals surface area contributed by atoms with Crippen molar-refractivity contribution in [3.8, 4) is 0 Å². The van der Waals surface area contributed by atoms with Gasteiger partial charge in [0.05, 0.1) is 12.6 Å². The number of allylic oxidation sites excluding steroid dienone is 1. The van der Waals surface area contributed by atoms with Crippen LogP contribution in [-0.2, 0) is 9.47 Å². The normalized spacial score (nSPS) is 19.7. The third-order valence-electron chi connectivity index (χ3n) is 1.96. The van der Waals surface area contributed by atoms with Gasteiger partial charge in [-0.1, -0.05) is 0 Å². The van der Waals surface area contributed by atoms with E-state index in [1.54, 1.807) is 7.11 Å². The molecule has 0 radical (unpaired) electrons. The summed E-state index contributed by atoms with van der Waals surface area (Å²) in [4.78, 5) is 0. The molecular formula is C9H17NO2. The summed E-state index contributed by atoms with van der Waals surface area (Å²) in [5.41, 5.74) is 5.86. The minimum atomic E-state index is 0.0187. The summed E-state index contributed by atoms with van der Waals surface area (Å²) in [7, 11) is 1.68. The molecule has 3 heteroatoms. The maximum absolute atomic E-state index is 5.86. The Hall–Kier alpha value is -0.540. The lowest BCUT2D eigenvalue weighted by atomic mass is 10.1. The van der Waals surface area contributed by atoms with Gasteiger partial charge in [0.2, 0.25) is 0 Å². The number of nitrogens with two attached hydrogens (primary N) is 1. The first-order valence-electron chi connectivity index (χ1n) is 4.42. The number of rotatable bonds is 4. The Morgan fingerprint density at radius 1 is 1.75 bits per heavy atom. The van der Waals surface area contributed by atoms with E-state index in [4.69, 9.17) is 15.2 Å². The van der Waals surface area contributed by atoms with Crippen LogP contribution in [0, 0.1) is 0 Å². The second-order valence-electron chi connectivity index (χ2n) is 2.99. The van der Waals surface area contributed by atoms with E-state index in [9.17, 15) is 0 Å². The lowest BCUT2D eigenvalue weighted by Crippen LogP contribution is -2.27. The molecule has 0 saturated carbocycles. The van der Waals surface area contributed by atoms with Crippen molar-refractivity contribution in [2.45, 2.75) is 25.3 Å². The van der Waals surface area contributed by atoms with Crippen molar-refractivity contribution in [3.05, 3.63) is 11.8 Å². The van der Waals surface area contributed by atoms with Crippen LogP contribution in [0.15, 0.2) is 11.8 Å². The highest BCUT2D eigenvalue weighted by Gasteiger charge is 2.12. The van der Waals surface area contributed by atoms with Crippen LogP contribution >= 0.6 is 0 Å². The molecule has 1 rings (SSSR count). The molecule has 0 fully saturated rings. The smallest absolute Gasteiger partial charge is 0.109 e. The van der Waals surface area contributed by atoms with Crippen molar-refractivity contribution < 1.29 is 9.47 Å². The summed E-state index contributed by atoms with van der Waals surface area (Å²) >= 11 is 0.